The minimum atomic E-state index is -4.47. The Bertz CT molecular complexity index is 1140. The Morgan fingerprint density at radius 1 is 1.05 bits per heavy atom. The Balaban J connectivity index is 1.51. The lowest BCUT2D eigenvalue weighted by atomic mass is 9.62. The molecule has 39 heavy (non-hydrogen) atoms. The Morgan fingerprint density at radius 3 is 2.46 bits per heavy atom. The van der Waals surface area contributed by atoms with Gasteiger partial charge in [-0.15, -0.1) is 0 Å². The molecule has 1 atom stereocenters. The number of halogens is 4. The fourth-order valence-corrected chi connectivity index (χ4v) is 6.08. The van der Waals surface area contributed by atoms with Crippen molar-refractivity contribution in [2.45, 2.75) is 57.0 Å². The third kappa shape index (κ3) is 6.40. The average molecular weight is 551 g/mol. The van der Waals surface area contributed by atoms with Crippen LogP contribution in [0.2, 0.25) is 0 Å². The van der Waals surface area contributed by atoms with Crippen LogP contribution in [0.5, 0.6) is 5.75 Å². The van der Waals surface area contributed by atoms with Crippen LogP contribution >= 0.6 is 0 Å². The minimum Gasteiger partial charge on any atom is -0.493 e. The highest BCUT2D eigenvalue weighted by molar-refractivity contribution is 5.87. The molecule has 1 spiro atoms. The van der Waals surface area contributed by atoms with Crippen molar-refractivity contribution < 1.29 is 31.8 Å². The number of hydrogen-bond acceptors (Lipinski definition) is 4. The van der Waals surface area contributed by atoms with E-state index >= 15 is 0 Å². The largest absolute Gasteiger partial charge is 0.493 e. The van der Waals surface area contributed by atoms with Gasteiger partial charge in [-0.3, -0.25) is 4.79 Å². The van der Waals surface area contributed by atoms with E-state index in [-0.39, 0.29) is 23.1 Å². The van der Waals surface area contributed by atoms with Crippen molar-refractivity contribution in [2.24, 2.45) is 5.41 Å². The van der Waals surface area contributed by atoms with Crippen molar-refractivity contribution in [1.82, 2.24) is 10.2 Å². The van der Waals surface area contributed by atoms with Gasteiger partial charge in [0.25, 0.3) is 0 Å². The van der Waals surface area contributed by atoms with Crippen LogP contribution in [-0.4, -0.2) is 57.3 Å². The molecule has 0 radical (unpaired) electrons. The number of amides is 1. The molecule has 4 rings (SSSR count). The number of methoxy groups -OCH3 is 1. The van der Waals surface area contributed by atoms with Crippen LogP contribution in [0, 0.1) is 11.2 Å². The highest BCUT2D eigenvalue weighted by Crippen LogP contribution is 2.51. The molecule has 2 aliphatic heterocycles. The summed E-state index contributed by atoms with van der Waals surface area (Å²) < 4.78 is 65.2. The molecule has 5 nitrogen and oxygen atoms in total. The number of likely N-dealkylation sites (tertiary alicyclic amines) is 1. The van der Waals surface area contributed by atoms with Crippen molar-refractivity contribution in [2.75, 3.05) is 46.5 Å². The Hall–Kier alpha value is -2.65. The van der Waals surface area contributed by atoms with Gasteiger partial charge in [-0.2, -0.15) is 13.2 Å². The summed E-state index contributed by atoms with van der Waals surface area (Å²) in [6, 6.07) is 9.77. The Morgan fingerprint density at radius 2 is 1.77 bits per heavy atom. The Kier molecular flexibility index (Phi) is 8.91. The third-order valence-corrected chi connectivity index (χ3v) is 8.48. The summed E-state index contributed by atoms with van der Waals surface area (Å²) in [6.07, 6.45) is -1.35. The molecular weight excluding hydrogens is 512 g/mol. The van der Waals surface area contributed by atoms with Gasteiger partial charge in [-0.1, -0.05) is 24.3 Å². The summed E-state index contributed by atoms with van der Waals surface area (Å²) in [4.78, 5) is 15.4. The first-order chi connectivity index (χ1) is 18.5. The Labute approximate surface area is 227 Å². The quantitative estimate of drug-likeness (QED) is 0.327. The van der Waals surface area contributed by atoms with Crippen LogP contribution in [0.3, 0.4) is 0 Å². The van der Waals surface area contributed by atoms with Crippen LogP contribution in [-0.2, 0) is 21.1 Å². The zero-order valence-corrected chi connectivity index (χ0v) is 22.9. The third-order valence-electron chi connectivity index (χ3n) is 8.48. The molecule has 0 aliphatic carbocycles. The first kappa shape index (κ1) is 29.3. The van der Waals surface area contributed by atoms with Crippen molar-refractivity contribution in [3.05, 3.63) is 65.0 Å². The maximum absolute atomic E-state index is 14.2. The van der Waals surface area contributed by atoms with Gasteiger partial charge in [-0.05, 0) is 68.3 Å². The highest BCUT2D eigenvalue weighted by atomic mass is 19.4. The molecule has 214 valence electrons. The molecule has 2 fully saturated rings. The number of alkyl halides is 3. The topological polar surface area (TPSA) is 50.8 Å². The van der Waals surface area contributed by atoms with Gasteiger partial charge in [0.1, 0.15) is 11.6 Å². The normalized spacial score (nSPS) is 19.8. The summed E-state index contributed by atoms with van der Waals surface area (Å²) in [7, 11) is 1.63. The van der Waals surface area contributed by atoms with Gasteiger partial charge >= 0.3 is 6.18 Å². The van der Waals surface area contributed by atoms with Crippen molar-refractivity contribution >= 4 is 5.91 Å². The van der Waals surface area contributed by atoms with E-state index in [1.165, 1.54) is 18.2 Å². The van der Waals surface area contributed by atoms with Gasteiger partial charge in [0.05, 0.1) is 17.6 Å². The molecule has 2 aromatic carbocycles. The van der Waals surface area contributed by atoms with Gasteiger partial charge in [0.15, 0.2) is 0 Å². The van der Waals surface area contributed by atoms with E-state index in [1.807, 2.05) is 6.07 Å². The van der Waals surface area contributed by atoms with E-state index in [0.717, 1.165) is 50.0 Å². The number of carbonyl (C=O) groups excluding carboxylic acids is 1. The summed E-state index contributed by atoms with van der Waals surface area (Å²) >= 11 is 0. The first-order valence-electron chi connectivity index (χ1n) is 13.6. The second kappa shape index (κ2) is 11.8. The SMILES string of the molecule is COCCCOc1cc(F)ccc1[C@@H]1CNCCC12CCN(C(=O)C(C)(C)c1cccc(C(F)(F)F)c1)CC2. The van der Waals surface area contributed by atoms with E-state index in [1.54, 1.807) is 31.9 Å². The molecule has 0 aromatic heterocycles. The predicted molar refractivity (Wildman–Crippen MR) is 141 cm³/mol. The van der Waals surface area contributed by atoms with Gasteiger partial charge in [0, 0.05) is 51.8 Å². The highest BCUT2D eigenvalue weighted by Gasteiger charge is 2.47. The number of piperidine rings is 2. The second-order valence-electron chi connectivity index (χ2n) is 11.2. The zero-order valence-electron chi connectivity index (χ0n) is 22.9. The fourth-order valence-electron chi connectivity index (χ4n) is 6.08. The monoisotopic (exact) mass is 550 g/mol. The van der Waals surface area contributed by atoms with E-state index in [9.17, 15) is 22.4 Å². The fraction of sp³-hybridized carbons (Fsp3) is 0.567. The molecule has 9 heteroatoms. The van der Waals surface area contributed by atoms with Gasteiger partial charge in [-0.25, -0.2) is 4.39 Å². The number of ether oxygens (including phenoxy) is 2. The molecule has 2 saturated heterocycles. The predicted octanol–water partition coefficient (Wildman–Crippen LogP) is 5.92. The van der Waals surface area contributed by atoms with Crippen molar-refractivity contribution in [1.29, 1.82) is 0 Å². The molecule has 0 unspecified atom stereocenters. The number of nitrogens with zero attached hydrogens (tertiary/aromatic N) is 1. The molecule has 2 heterocycles. The lowest BCUT2D eigenvalue weighted by Gasteiger charge is -2.50. The van der Waals surface area contributed by atoms with E-state index < -0.39 is 17.2 Å². The number of benzene rings is 2. The number of rotatable bonds is 8. The number of carbonyl (C=O) groups is 1. The van der Waals surface area contributed by atoms with E-state index in [0.29, 0.717) is 44.0 Å². The average Bonchev–Trinajstić information content (AvgIpc) is 2.91. The number of hydrogen-bond donors (Lipinski definition) is 1. The molecule has 1 N–H and O–H groups in total. The standard InChI is InChI=1S/C30H38F4N2O3/c1-28(2,21-6-4-7-22(18-21)30(32,33)34)27(37)36-14-11-29(12-15-36)10-13-35-20-25(29)24-9-8-23(31)19-26(24)39-17-5-16-38-3/h4,6-9,18-19,25,35H,5,10-17,20H2,1-3H3/t25-/m0/s1. The zero-order chi connectivity index (χ0) is 28.3. The van der Waals surface area contributed by atoms with Crippen molar-refractivity contribution in [3.8, 4) is 5.75 Å². The lowest BCUT2D eigenvalue weighted by molar-refractivity contribution is -0.140. The number of nitrogens with one attached hydrogen (secondary N) is 1. The summed E-state index contributed by atoms with van der Waals surface area (Å²) in [5, 5.41) is 3.48. The smallest absolute Gasteiger partial charge is 0.416 e. The lowest BCUT2D eigenvalue weighted by Crippen LogP contribution is -2.53. The maximum Gasteiger partial charge on any atom is 0.416 e. The molecule has 1 amide bonds. The van der Waals surface area contributed by atoms with Crippen LogP contribution < -0.4 is 10.1 Å². The summed E-state index contributed by atoms with van der Waals surface area (Å²) in [5.41, 5.74) is -0.630. The molecule has 0 saturated carbocycles. The summed E-state index contributed by atoms with van der Waals surface area (Å²) in [6.45, 7) is 6.97. The van der Waals surface area contributed by atoms with Gasteiger partial charge < -0.3 is 19.7 Å². The van der Waals surface area contributed by atoms with E-state index in [2.05, 4.69) is 5.32 Å². The molecule has 2 aliphatic rings. The molecule has 2 aromatic rings. The van der Waals surface area contributed by atoms with Crippen LogP contribution in [0.1, 0.15) is 62.1 Å². The van der Waals surface area contributed by atoms with Crippen molar-refractivity contribution in [3.63, 3.8) is 0 Å². The molecule has 0 bridgehead atoms. The molecular formula is C30H38F4N2O3. The van der Waals surface area contributed by atoms with Crippen LogP contribution in [0.25, 0.3) is 0 Å². The first-order valence-corrected chi connectivity index (χ1v) is 13.6. The summed E-state index contributed by atoms with van der Waals surface area (Å²) in [5.74, 6) is 0.100. The van der Waals surface area contributed by atoms with Gasteiger partial charge in [0.2, 0.25) is 5.91 Å². The maximum atomic E-state index is 14.2. The van der Waals surface area contributed by atoms with E-state index in [4.69, 9.17) is 9.47 Å². The van der Waals surface area contributed by atoms with Crippen LogP contribution in [0.15, 0.2) is 42.5 Å². The minimum absolute atomic E-state index is 0.0815. The second-order valence-corrected chi connectivity index (χ2v) is 11.2. The van der Waals surface area contributed by atoms with Crippen LogP contribution in [0.4, 0.5) is 17.6 Å².